The Bertz CT molecular complexity index is 503. The van der Waals surface area contributed by atoms with Crippen LogP contribution in [0.3, 0.4) is 0 Å². The van der Waals surface area contributed by atoms with Gasteiger partial charge in [0.15, 0.2) is 0 Å². The zero-order chi connectivity index (χ0) is 12.3. The molecule has 1 aromatic heterocycles. The summed E-state index contributed by atoms with van der Waals surface area (Å²) in [5, 5.41) is 0. The number of aromatic nitrogens is 2. The van der Waals surface area contributed by atoms with Crippen LogP contribution in [-0.2, 0) is 6.42 Å². The Kier molecular flexibility index (Phi) is 3.89. The van der Waals surface area contributed by atoms with Crippen LogP contribution >= 0.6 is 15.9 Å². The molecule has 0 saturated carbocycles. The number of hydrogen-bond donors (Lipinski definition) is 0. The van der Waals surface area contributed by atoms with E-state index < -0.39 is 0 Å². The van der Waals surface area contributed by atoms with Crippen molar-refractivity contribution in [3.05, 3.63) is 46.3 Å². The lowest BCUT2D eigenvalue weighted by molar-refractivity contribution is 0.922. The third kappa shape index (κ3) is 3.13. The fourth-order valence-corrected chi connectivity index (χ4v) is 2.33. The Balaban J connectivity index is 2.41. The highest BCUT2D eigenvalue weighted by Crippen LogP contribution is 2.21. The van der Waals surface area contributed by atoms with Crippen molar-refractivity contribution in [2.75, 3.05) is 0 Å². The van der Waals surface area contributed by atoms with Crippen LogP contribution < -0.4 is 0 Å². The van der Waals surface area contributed by atoms with E-state index in [1.807, 2.05) is 13.0 Å². The van der Waals surface area contributed by atoms with Crippen LogP contribution in [0.5, 0.6) is 0 Å². The minimum Gasteiger partial charge on any atom is -0.233 e. The third-order valence-corrected chi connectivity index (χ3v) is 2.97. The predicted molar refractivity (Wildman–Crippen MR) is 73.9 cm³/mol. The molecule has 1 aromatic carbocycles. The van der Waals surface area contributed by atoms with E-state index in [1.165, 1.54) is 5.56 Å². The fraction of sp³-hybridized carbons (Fsp3) is 0.286. The summed E-state index contributed by atoms with van der Waals surface area (Å²) in [6.07, 6.45) is 2.27. The largest absolute Gasteiger partial charge is 0.233 e. The summed E-state index contributed by atoms with van der Waals surface area (Å²) in [7, 11) is 0. The van der Waals surface area contributed by atoms with E-state index in [9.17, 15) is 0 Å². The first-order valence-corrected chi connectivity index (χ1v) is 6.59. The molecule has 0 aliphatic carbocycles. The van der Waals surface area contributed by atoms with Crippen LogP contribution in [0.1, 0.15) is 24.7 Å². The summed E-state index contributed by atoms with van der Waals surface area (Å²) in [5.41, 5.74) is 3.49. The number of halogens is 1. The number of rotatable bonds is 3. The van der Waals surface area contributed by atoms with Gasteiger partial charge >= 0.3 is 0 Å². The lowest BCUT2D eigenvalue weighted by Gasteiger charge is -2.05. The standard InChI is InChI=1S/C14H15BrN2/c1-3-5-11-6-4-7-12(8-11)13-9-14(15)17-10(2)16-13/h4,6-9H,3,5H2,1-2H3. The van der Waals surface area contributed by atoms with Gasteiger partial charge in [0.1, 0.15) is 10.4 Å². The highest BCUT2D eigenvalue weighted by molar-refractivity contribution is 9.10. The summed E-state index contributed by atoms with van der Waals surface area (Å²) in [4.78, 5) is 8.69. The van der Waals surface area contributed by atoms with Gasteiger partial charge in [-0.25, -0.2) is 9.97 Å². The molecule has 3 heteroatoms. The Labute approximate surface area is 110 Å². The zero-order valence-corrected chi connectivity index (χ0v) is 11.7. The van der Waals surface area contributed by atoms with Gasteiger partial charge in [0.2, 0.25) is 0 Å². The summed E-state index contributed by atoms with van der Waals surface area (Å²) < 4.78 is 0.834. The van der Waals surface area contributed by atoms with E-state index in [4.69, 9.17) is 0 Å². The molecular formula is C14H15BrN2. The average molecular weight is 291 g/mol. The van der Waals surface area contributed by atoms with Gasteiger partial charge in [0.25, 0.3) is 0 Å². The number of aryl methyl sites for hydroxylation is 2. The zero-order valence-electron chi connectivity index (χ0n) is 10.1. The van der Waals surface area contributed by atoms with E-state index in [0.29, 0.717) is 0 Å². The second-order valence-corrected chi connectivity index (χ2v) is 4.89. The van der Waals surface area contributed by atoms with E-state index in [2.05, 4.69) is 57.1 Å². The maximum Gasteiger partial charge on any atom is 0.127 e. The van der Waals surface area contributed by atoms with Gasteiger partial charge in [-0.2, -0.15) is 0 Å². The Morgan fingerprint density at radius 1 is 1.18 bits per heavy atom. The molecule has 0 bridgehead atoms. The molecule has 2 rings (SSSR count). The summed E-state index contributed by atoms with van der Waals surface area (Å²) >= 11 is 3.41. The Hall–Kier alpha value is -1.22. The normalized spacial score (nSPS) is 10.5. The first kappa shape index (κ1) is 12.2. The molecule has 2 nitrogen and oxygen atoms in total. The highest BCUT2D eigenvalue weighted by Gasteiger charge is 2.03. The van der Waals surface area contributed by atoms with Crippen LogP contribution in [0.4, 0.5) is 0 Å². The molecule has 0 aliphatic heterocycles. The van der Waals surface area contributed by atoms with Crippen molar-refractivity contribution >= 4 is 15.9 Å². The maximum atomic E-state index is 4.46. The van der Waals surface area contributed by atoms with Crippen molar-refractivity contribution in [1.82, 2.24) is 9.97 Å². The SMILES string of the molecule is CCCc1cccc(-c2cc(Br)nc(C)n2)c1. The molecule has 0 atom stereocenters. The lowest BCUT2D eigenvalue weighted by Crippen LogP contribution is -1.92. The van der Waals surface area contributed by atoms with Crippen LogP contribution in [0.25, 0.3) is 11.3 Å². The molecule has 0 radical (unpaired) electrons. The van der Waals surface area contributed by atoms with E-state index in [-0.39, 0.29) is 0 Å². The minimum absolute atomic E-state index is 0.787. The number of hydrogen-bond acceptors (Lipinski definition) is 2. The second kappa shape index (κ2) is 5.41. The van der Waals surface area contributed by atoms with Crippen LogP contribution in [-0.4, -0.2) is 9.97 Å². The molecule has 0 fully saturated rings. The summed E-state index contributed by atoms with van der Waals surface area (Å²) in [6.45, 7) is 4.10. The van der Waals surface area contributed by atoms with Gasteiger partial charge in [-0.3, -0.25) is 0 Å². The molecule has 0 N–H and O–H groups in total. The van der Waals surface area contributed by atoms with E-state index in [0.717, 1.165) is 34.5 Å². The molecule has 0 aliphatic rings. The summed E-state index contributed by atoms with van der Waals surface area (Å²) in [5.74, 6) is 0.787. The average Bonchev–Trinajstić information content (AvgIpc) is 2.28. The number of benzene rings is 1. The summed E-state index contributed by atoms with van der Waals surface area (Å²) in [6, 6.07) is 10.5. The quantitative estimate of drug-likeness (QED) is 0.793. The van der Waals surface area contributed by atoms with Gasteiger partial charge in [-0.1, -0.05) is 31.5 Å². The van der Waals surface area contributed by atoms with Crippen molar-refractivity contribution in [2.24, 2.45) is 0 Å². The van der Waals surface area contributed by atoms with Gasteiger partial charge in [0, 0.05) is 5.56 Å². The smallest absolute Gasteiger partial charge is 0.127 e. The van der Waals surface area contributed by atoms with Gasteiger partial charge in [-0.05, 0) is 47.0 Å². The molecule has 17 heavy (non-hydrogen) atoms. The molecule has 0 amide bonds. The van der Waals surface area contributed by atoms with E-state index in [1.54, 1.807) is 0 Å². The van der Waals surface area contributed by atoms with Crippen molar-refractivity contribution in [3.8, 4) is 11.3 Å². The van der Waals surface area contributed by atoms with Crippen LogP contribution in [0.2, 0.25) is 0 Å². The highest BCUT2D eigenvalue weighted by atomic mass is 79.9. The van der Waals surface area contributed by atoms with Crippen molar-refractivity contribution < 1.29 is 0 Å². The first-order chi connectivity index (χ1) is 8.19. The predicted octanol–water partition coefficient (Wildman–Crippen LogP) is 4.17. The van der Waals surface area contributed by atoms with Gasteiger partial charge < -0.3 is 0 Å². The maximum absolute atomic E-state index is 4.46. The molecule has 0 saturated heterocycles. The van der Waals surface area contributed by atoms with Crippen LogP contribution in [0.15, 0.2) is 34.9 Å². The Morgan fingerprint density at radius 3 is 2.71 bits per heavy atom. The minimum atomic E-state index is 0.787. The molecule has 88 valence electrons. The van der Waals surface area contributed by atoms with E-state index >= 15 is 0 Å². The van der Waals surface area contributed by atoms with Gasteiger partial charge in [-0.15, -0.1) is 0 Å². The second-order valence-electron chi connectivity index (χ2n) is 4.07. The molecule has 1 heterocycles. The topological polar surface area (TPSA) is 25.8 Å². The molecule has 0 spiro atoms. The number of nitrogens with zero attached hydrogens (tertiary/aromatic N) is 2. The first-order valence-electron chi connectivity index (χ1n) is 5.79. The fourth-order valence-electron chi connectivity index (χ4n) is 1.85. The van der Waals surface area contributed by atoms with Gasteiger partial charge in [0.05, 0.1) is 5.69 Å². The van der Waals surface area contributed by atoms with Crippen molar-refractivity contribution in [3.63, 3.8) is 0 Å². The monoisotopic (exact) mass is 290 g/mol. The van der Waals surface area contributed by atoms with Crippen molar-refractivity contribution in [1.29, 1.82) is 0 Å². The molecule has 2 aromatic rings. The lowest BCUT2D eigenvalue weighted by atomic mass is 10.0. The molecular weight excluding hydrogens is 276 g/mol. The third-order valence-electron chi connectivity index (χ3n) is 2.57. The van der Waals surface area contributed by atoms with Crippen LogP contribution in [0, 0.1) is 6.92 Å². The molecule has 0 unspecified atom stereocenters. The Morgan fingerprint density at radius 2 is 2.00 bits per heavy atom. The van der Waals surface area contributed by atoms with Crippen molar-refractivity contribution in [2.45, 2.75) is 26.7 Å².